The van der Waals surface area contributed by atoms with Crippen LogP contribution >= 0.6 is 0 Å². The monoisotopic (exact) mass is 519 g/mol. The second-order valence-corrected chi connectivity index (χ2v) is 9.57. The highest BCUT2D eigenvalue weighted by Gasteiger charge is 2.23. The summed E-state index contributed by atoms with van der Waals surface area (Å²) < 4.78 is 5.37. The average Bonchev–Trinajstić information content (AvgIpc) is 2.96. The van der Waals surface area contributed by atoms with Gasteiger partial charge in [-0.1, -0.05) is 51.1 Å². The summed E-state index contributed by atoms with van der Waals surface area (Å²) in [5.74, 6) is 2.34. The van der Waals surface area contributed by atoms with Crippen LogP contribution in [0.15, 0.2) is 59.5 Å². The molecule has 0 aliphatic carbocycles. The third-order valence-electron chi connectivity index (χ3n) is 7.03. The van der Waals surface area contributed by atoms with Crippen LogP contribution in [0, 0.1) is 17.8 Å². The third kappa shape index (κ3) is 9.21. The fraction of sp³-hybridized carbons (Fsp3) is 0.484. The molecule has 1 aliphatic rings. The number of ether oxygens (including phenoxy) is 1. The summed E-state index contributed by atoms with van der Waals surface area (Å²) in [6, 6.07) is 6.27. The smallest absolute Gasteiger partial charge is 0.222 e. The molecule has 2 aromatic rings. The number of aldehydes is 1. The van der Waals surface area contributed by atoms with Crippen molar-refractivity contribution in [2.24, 2.45) is 22.7 Å². The lowest BCUT2D eigenvalue weighted by molar-refractivity contribution is -0.104. The molecule has 2 atom stereocenters. The number of carbonyl (C=O) groups is 1. The van der Waals surface area contributed by atoms with E-state index in [0.29, 0.717) is 23.5 Å². The number of rotatable bonds is 10. The van der Waals surface area contributed by atoms with Crippen molar-refractivity contribution in [3.05, 3.63) is 60.1 Å². The van der Waals surface area contributed by atoms with Gasteiger partial charge in [-0.3, -0.25) is 9.79 Å². The molecule has 206 valence electrons. The molecule has 1 fully saturated rings. The highest BCUT2D eigenvalue weighted by Crippen LogP contribution is 2.28. The topological polar surface area (TPSA) is 79.7 Å². The molecule has 1 N–H and O–H groups in total. The minimum Gasteiger partial charge on any atom is -0.381 e. The Morgan fingerprint density at radius 2 is 1.97 bits per heavy atom. The van der Waals surface area contributed by atoms with Gasteiger partial charge in [0.05, 0.1) is 11.2 Å². The van der Waals surface area contributed by atoms with Crippen LogP contribution in [0.3, 0.4) is 0 Å². The number of fused-ring (bicyclic) bond motifs is 1. The number of benzene rings is 1. The van der Waals surface area contributed by atoms with Gasteiger partial charge in [-0.15, -0.1) is 0 Å². The highest BCUT2D eigenvalue weighted by atomic mass is 16.5. The van der Waals surface area contributed by atoms with Crippen molar-refractivity contribution in [2.75, 3.05) is 32.6 Å². The van der Waals surface area contributed by atoms with E-state index in [4.69, 9.17) is 4.74 Å². The van der Waals surface area contributed by atoms with E-state index in [2.05, 4.69) is 96.5 Å². The van der Waals surface area contributed by atoms with Gasteiger partial charge in [0.2, 0.25) is 5.95 Å². The zero-order valence-electron chi connectivity index (χ0n) is 24.1. The predicted octanol–water partition coefficient (Wildman–Crippen LogP) is 6.75. The van der Waals surface area contributed by atoms with Gasteiger partial charge in [-0.25, -0.2) is 9.97 Å². The maximum Gasteiger partial charge on any atom is 0.222 e. The fourth-order valence-electron chi connectivity index (χ4n) is 4.40. The van der Waals surface area contributed by atoms with E-state index in [-0.39, 0.29) is 0 Å². The van der Waals surface area contributed by atoms with E-state index in [1.807, 2.05) is 26.4 Å². The standard InChI is InChI=1S/C17H22N4.C14H23NO2/c1-5-7-10-21(4)16(6-2)13-8-9-14-12-19-17(18-3)20-15(14)11-13;1-4-14(10-16)15-9-11(2)12(3)13-5-7-17-8-6-13/h6-12H,5H2,1-4H3,(H,18,19,20);4,9-13H,5-8H2,1-3H3/b10-7+,16-6-;14-4-,15-9?. The number of hydrogen-bond donors (Lipinski definition) is 1. The molecule has 0 saturated carbocycles. The number of hydrogen-bond acceptors (Lipinski definition) is 7. The molecule has 2 unspecified atom stereocenters. The third-order valence-corrected chi connectivity index (χ3v) is 7.03. The van der Waals surface area contributed by atoms with E-state index < -0.39 is 0 Å². The summed E-state index contributed by atoms with van der Waals surface area (Å²) in [5, 5.41) is 4.02. The Morgan fingerprint density at radius 1 is 1.24 bits per heavy atom. The van der Waals surface area contributed by atoms with Crippen molar-refractivity contribution in [3.63, 3.8) is 0 Å². The number of allylic oxidation sites excluding steroid dienone is 4. The first kappa shape index (κ1) is 30.9. The van der Waals surface area contributed by atoms with Crippen molar-refractivity contribution in [3.8, 4) is 0 Å². The Labute approximate surface area is 228 Å². The minimum atomic E-state index is 0.396. The van der Waals surface area contributed by atoms with Gasteiger partial charge in [-0.05, 0) is 68.7 Å². The van der Waals surface area contributed by atoms with Crippen LogP contribution in [-0.4, -0.2) is 54.7 Å². The number of carbonyl (C=O) groups excluding carboxylic acids is 1. The van der Waals surface area contributed by atoms with Crippen molar-refractivity contribution < 1.29 is 9.53 Å². The molecule has 0 spiro atoms. The minimum absolute atomic E-state index is 0.396. The lowest BCUT2D eigenvalue weighted by Crippen LogP contribution is -2.26. The quantitative estimate of drug-likeness (QED) is 0.213. The van der Waals surface area contributed by atoms with Crippen LogP contribution in [-0.2, 0) is 9.53 Å². The summed E-state index contributed by atoms with van der Waals surface area (Å²) in [4.78, 5) is 25.7. The van der Waals surface area contributed by atoms with Gasteiger partial charge in [0.25, 0.3) is 0 Å². The van der Waals surface area contributed by atoms with E-state index >= 15 is 0 Å². The first-order valence-corrected chi connectivity index (χ1v) is 13.6. The maximum absolute atomic E-state index is 10.6. The Morgan fingerprint density at radius 3 is 2.58 bits per heavy atom. The molecule has 7 heteroatoms. The number of nitrogens with one attached hydrogen (secondary N) is 1. The first-order chi connectivity index (χ1) is 18.4. The fourth-order valence-corrected chi connectivity index (χ4v) is 4.40. The van der Waals surface area contributed by atoms with E-state index in [9.17, 15) is 4.79 Å². The number of aliphatic imine (C=N–C) groups is 1. The molecule has 0 amide bonds. The highest BCUT2D eigenvalue weighted by molar-refractivity contribution is 5.83. The van der Waals surface area contributed by atoms with Gasteiger partial charge in [0.15, 0.2) is 6.29 Å². The summed E-state index contributed by atoms with van der Waals surface area (Å²) >= 11 is 0. The van der Waals surface area contributed by atoms with Crippen molar-refractivity contribution in [2.45, 2.75) is 53.9 Å². The lowest BCUT2D eigenvalue weighted by atomic mass is 9.80. The molecule has 0 bridgehead atoms. The van der Waals surface area contributed by atoms with Crippen LogP contribution in [0.2, 0.25) is 0 Å². The second-order valence-electron chi connectivity index (χ2n) is 9.57. The largest absolute Gasteiger partial charge is 0.381 e. The van der Waals surface area contributed by atoms with Gasteiger partial charge >= 0.3 is 0 Å². The van der Waals surface area contributed by atoms with Gasteiger partial charge in [0, 0.05) is 50.8 Å². The van der Waals surface area contributed by atoms with Crippen molar-refractivity contribution in [1.82, 2.24) is 14.9 Å². The Hall–Kier alpha value is -3.32. The molecule has 7 nitrogen and oxygen atoms in total. The number of aromatic nitrogens is 2. The lowest BCUT2D eigenvalue weighted by Gasteiger charge is -2.30. The molecular formula is C31H45N5O2. The molecule has 1 aromatic carbocycles. The second kappa shape index (κ2) is 16.5. The van der Waals surface area contributed by atoms with Gasteiger partial charge < -0.3 is 15.0 Å². The summed E-state index contributed by atoms with van der Waals surface area (Å²) in [6.45, 7) is 12.2. The molecule has 38 heavy (non-hydrogen) atoms. The van der Waals surface area contributed by atoms with E-state index in [1.54, 1.807) is 6.08 Å². The molecule has 2 heterocycles. The molecule has 1 aromatic heterocycles. The average molecular weight is 520 g/mol. The normalized spacial score (nSPS) is 16.8. The van der Waals surface area contributed by atoms with Crippen LogP contribution in [0.4, 0.5) is 5.95 Å². The molecular weight excluding hydrogens is 474 g/mol. The van der Waals surface area contributed by atoms with Crippen LogP contribution in [0.5, 0.6) is 0 Å². The number of nitrogens with zero attached hydrogens (tertiary/aromatic N) is 4. The molecule has 1 aliphatic heterocycles. The predicted molar refractivity (Wildman–Crippen MR) is 160 cm³/mol. The Bertz CT molecular complexity index is 1130. The maximum atomic E-state index is 10.6. The molecule has 1 saturated heterocycles. The molecule has 3 rings (SSSR count). The van der Waals surface area contributed by atoms with Crippen LogP contribution in [0.25, 0.3) is 16.6 Å². The summed E-state index contributed by atoms with van der Waals surface area (Å²) in [6.07, 6.45) is 15.9. The summed E-state index contributed by atoms with van der Waals surface area (Å²) in [5.41, 5.74) is 3.76. The summed E-state index contributed by atoms with van der Waals surface area (Å²) in [7, 11) is 3.89. The van der Waals surface area contributed by atoms with Crippen LogP contribution in [0.1, 0.15) is 59.4 Å². The van der Waals surface area contributed by atoms with Crippen molar-refractivity contribution >= 4 is 35.0 Å². The zero-order chi connectivity index (χ0) is 27.9. The van der Waals surface area contributed by atoms with Crippen LogP contribution < -0.4 is 5.32 Å². The van der Waals surface area contributed by atoms with Gasteiger partial charge in [-0.2, -0.15) is 0 Å². The first-order valence-electron chi connectivity index (χ1n) is 13.6. The van der Waals surface area contributed by atoms with E-state index in [1.165, 1.54) is 0 Å². The Balaban J connectivity index is 0.000000273. The zero-order valence-corrected chi connectivity index (χ0v) is 24.1. The number of anilines is 1. The van der Waals surface area contributed by atoms with Gasteiger partial charge in [0.1, 0.15) is 0 Å². The van der Waals surface area contributed by atoms with Crippen molar-refractivity contribution in [1.29, 1.82) is 0 Å². The van der Waals surface area contributed by atoms with E-state index in [0.717, 1.165) is 66.8 Å². The SMILES string of the molecule is C/C=C(/C=O)N=CC(C)C(C)C1CCOCC1.C/C=C(/c1ccc2cnc(NC)nc2c1)N(C)/C=C/CC. The Kier molecular flexibility index (Phi) is 13.4. The molecule has 0 radical (unpaired) electrons.